The third-order valence-electron chi connectivity index (χ3n) is 6.89. The molecule has 202 valence electrons. The van der Waals surface area contributed by atoms with Crippen molar-refractivity contribution in [2.45, 2.75) is 63.5 Å². The fourth-order valence-corrected chi connectivity index (χ4v) is 6.99. The molecule has 0 bridgehead atoms. The first kappa shape index (κ1) is 28.0. The van der Waals surface area contributed by atoms with E-state index >= 15 is 0 Å². The van der Waals surface area contributed by atoms with Crippen molar-refractivity contribution in [2.75, 3.05) is 17.7 Å². The van der Waals surface area contributed by atoms with Crippen molar-refractivity contribution in [3.05, 3.63) is 64.4 Å². The van der Waals surface area contributed by atoms with Crippen LogP contribution in [0, 0.1) is 11.3 Å². The predicted octanol–water partition coefficient (Wildman–Crippen LogP) is 7.04. The van der Waals surface area contributed by atoms with Gasteiger partial charge in [-0.15, -0.1) is 23.1 Å². The molecule has 0 spiro atoms. The number of esters is 1. The Hall–Kier alpha value is -3.04. The van der Waals surface area contributed by atoms with Gasteiger partial charge < -0.3 is 19.8 Å². The molecule has 2 N–H and O–H groups in total. The van der Waals surface area contributed by atoms with Crippen LogP contribution in [-0.4, -0.2) is 30.1 Å². The van der Waals surface area contributed by atoms with Crippen LogP contribution in [0.4, 0.5) is 10.7 Å². The molecule has 2 heterocycles. The van der Waals surface area contributed by atoms with Gasteiger partial charge in [-0.3, -0.25) is 9.59 Å². The molecular weight excluding hydrogens is 520 g/mol. The normalized spacial score (nSPS) is 15.9. The van der Waals surface area contributed by atoms with Crippen LogP contribution in [0.15, 0.2) is 52.0 Å². The number of thiophene rings is 1. The van der Waals surface area contributed by atoms with Gasteiger partial charge in [0.2, 0.25) is 5.91 Å². The maximum Gasteiger partial charge on any atom is 0.341 e. The van der Waals surface area contributed by atoms with Gasteiger partial charge in [0.1, 0.15) is 5.00 Å². The number of amides is 2. The average Bonchev–Trinajstić information content (AvgIpc) is 3.54. The molecule has 1 aliphatic carbocycles. The molecule has 38 heavy (non-hydrogen) atoms. The number of ether oxygens (including phenoxy) is 1. The highest BCUT2D eigenvalue weighted by molar-refractivity contribution is 8.00. The minimum Gasteiger partial charge on any atom is -0.465 e. The van der Waals surface area contributed by atoms with Crippen molar-refractivity contribution in [3.63, 3.8) is 0 Å². The summed E-state index contributed by atoms with van der Waals surface area (Å²) in [7, 11) is 1.38. The number of carbonyl (C=O) groups is 3. The minimum atomic E-state index is -0.410. The smallest absolute Gasteiger partial charge is 0.341 e. The largest absolute Gasteiger partial charge is 0.465 e. The first-order valence-electron chi connectivity index (χ1n) is 12.8. The second-order valence-electron chi connectivity index (χ2n) is 10.5. The number of fused-ring (bicyclic) bond motifs is 1. The molecule has 0 saturated carbocycles. The predicted molar refractivity (Wildman–Crippen MR) is 152 cm³/mol. The summed E-state index contributed by atoms with van der Waals surface area (Å²) in [5.41, 5.74) is 2.29. The van der Waals surface area contributed by atoms with E-state index in [0.29, 0.717) is 28.6 Å². The van der Waals surface area contributed by atoms with Crippen LogP contribution < -0.4 is 10.6 Å². The summed E-state index contributed by atoms with van der Waals surface area (Å²) in [4.78, 5) is 40.5. The summed E-state index contributed by atoms with van der Waals surface area (Å²) in [6.07, 6.45) is 4.74. The van der Waals surface area contributed by atoms with E-state index in [2.05, 4.69) is 31.4 Å². The molecule has 2 unspecified atom stereocenters. The summed E-state index contributed by atoms with van der Waals surface area (Å²) < 4.78 is 10.3. The van der Waals surface area contributed by atoms with Crippen LogP contribution >= 0.6 is 23.1 Å². The number of furan rings is 1. The standard InChI is InChI=1S/C29H34N2O5S2/c1-6-22(37-19-10-7-9-18(16-19)30-25(32)21-11-8-14-36-21)26(33)31-27-24(28(34)35-5)20-13-12-17(29(2,3)4)15-23(20)38-27/h7-11,14,16-17,22H,6,12-13,15H2,1-5H3,(H,30,32)(H,31,33). The maximum atomic E-state index is 13.4. The van der Waals surface area contributed by atoms with Crippen LogP contribution in [0.5, 0.6) is 0 Å². The van der Waals surface area contributed by atoms with Crippen LogP contribution in [0.3, 0.4) is 0 Å². The Morgan fingerprint density at radius 3 is 2.63 bits per heavy atom. The molecule has 0 saturated heterocycles. The highest BCUT2D eigenvalue weighted by atomic mass is 32.2. The van der Waals surface area contributed by atoms with Gasteiger partial charge in [-0.05, 0) is 72.9 Å². The zero-order valence-electron chi connectivity index (χ0n) is 22.4. The number of hydrogen-bond donors (Lipinski definition) is 2. The molecular formula is C29H34N2O5S2. The lowest BCUT2D eigenvalue weighted by Gasteiger charge is -2.33. The van der Waals surface area contributed by atoms with E-state index in [0.717, 1.165) is 34.6 Å². The molecule has 0 fully saturated rings. The van der Waals surface area contributed by atoms with E-state index in [4.69, 9.17) is 9.15 Å². The van der Waals surface area contributed by atoms with E-state index in [9.17, 15) is 14.4 Å². The summed E-state index contributed by atoms with van der Waals surface area (Å²) >= 11 is 2.91. The summed E-state index contributed by atoms with van der Waals surface area (Å²) in [6, 6.07) is 10.6. The van der Waals surface area contributed by atoms with Crippen molar-refractivity contribution >= 4 is 51.6 Å². The van der Waals surface area contributed by atoms with E-state index in [1.54, 1.807) is 18.2 Å². The van der Waals surface area contributed by atoms with Gasteiger partial charge in [-0.2, -0.15) is 0 Å². The third kappa shape index (κ3) is 6.32. The number of benzene rings is 1. The molecule has 7 nitrogen and oxygen atoms in total. The first-order valence-corrected chi connectivity index (χ1v) is 14.5. The Balaban J connectivity index is 1.50. The number of anilines is 2. The maximum absolute atomic E-state index is 13.4. The van der Waals surface area contributed by atoms with E-state index < -0.39 is 11.2 Å². The van der Waals surface area contributed by atoms with Gasteiger partial charge in [-0.25, -0.2) is 4.79 Å². The topological polar surface area (TPSA) is 97.6 Å². The van der Waals surface area contributed by atoms with Crippen LogP contribution in [0.1, 0.15) is 71.9 Å². The molecule has 4 rings (SSSR count). The molecule has 1 aromatic carbocycles. The number of hydrogen-bond acceptors (Lipinski definition) is 7. The third-order valence-corrected chi connectivity index (χ3v) is 9.42. The number of carbonyl (C=O) groups excluding carboxylic acids is 3. The van der Waals surface area contributed by atoms with Gasteiger partial charge in [0.15, 0.2) is 5.76 Å². The monoisotopic (exact) mass is 554 g/mol. The van der Waals surface area contributed by atoms with Crippen molar-refractivity contribution in [1.29, 1.82) is 0 Å². The summed E-state index contributed by atoms with van der Waals surface area (Å²) in [5.74, 6) is -0.177. The molecule has 9 heteroatoms. The molecule has 1 aliphatic rings. The Labute approximate surface area is 231 Å². The molecule has 2 atom stereocenters. The van der Waals surface area contributed by atoms with Crippen LogP contribution in [0.2, 0.25) is 0 Å². The average molecular weight is 555 g/mol. The highest BCUT2D eigenvalue weighted by Gasteiger charge is 2.35. The Kier molecular flexibility index (Phi) is 8.67. The zero-order chi connectivity index (χ0) is 27.4. The first-order chi connectivity index (χ1) is 18.1. The number of nitrogens with one attached hydrogen (secondary N) is 2. The lowest BCUT2D eigenvalue weighted by molar-refractivity contribution is -0.115. The van der Waals surface area contributed by atoms with Gasteiger partial charge in [0.05, 0.1) is 24.2 Å². The van der Waals surface area contributed by atoms with E-state index in [1.807, 2.05) is 25.1 Å². The Morgan fingerprint density at radius 1 is 1.18 bits per heavy atom. The van der Waals surface area contributed by atoms with Gasteiger partial charge in [0.25, 0.3) is 5.91 Å². The van der Waals surface area contributed by atoms with E-state index in [1.165, 1.54) is 36.5 Å². The number of rotatable bonds is 8. The number of thioether (sulfide) groups is 1. The fraction of sp³-hybridized carbons (Fsp3) is 0.414. The summed E-state index contributed by atoms with van der Waals surface area (Å²) in [5, 5.41) is 6.04. The van der Waals surface area contributed by atoms with Crippen molar-refractivity contribution in [2.24, 2.45) is 11.3 Å². The molecule has 0 radical (unpaired) electrons. The van der Waals surface area contributed by atoms with Crippen molar-refractivity contribution < 1.29 is 23.5 Å². The Bertz CT molecular complexity index is 1310. The fourth-order valence-electron chi connectivity index (χ4n) is 4.66. The lowest BCUT2D eigenvalue weighted by Crippen LogP contribution is -2.27. The van der Waals surface area contributed by atoms with Crippen molar-refractivity contribution in [3.8, 4) is 0 Å². The zero-order valence-corrected chi connectivity index (χ0v) is 24.0. The highest BCUT2D eigenvalue weighted by Crippen LogP contribution is 2.44. The van der Waals surface area contributed by atoms with Gasteiger partial charge >= 0.3 is 5.97 Å². The molecule has 3 aromatic rings. The Morgan fingerprint density at radius 2 is 1.97 bits per heavy atom. The van der Waals surface area contributed by atoms with Gasteiger partial charge in [0, 0.05) is 15.5 Å². The number of methoxy groups -OCH3 is 1. The SMILES string of the molecule is CCC(Sc1cccc(NC(=O)c2ccco2)c1)C(=O)Nc1sc2c(c1C(=O)OC)CCC(C(C)(C)C)C2. The minimum absolute atomic E-state index is 0.168. The quantitative estimate of drug-likeness (QED) is 0.229. The molecule has 2 amide bonds. The van der Waals surface area contributed by atoms with Gasteiger partial charge in [-0.1, -0.05) is 33.8 Å². The second kappa shape index (κ2) is 11.8. The van der Waals surface area contributed by atoms with Crippen LogP contribution in [-0.2, 0) is 22.4 Å². The summed E-state index contributed by atoms with van der Waals surface area (Å²) in [6.45, 7) is 8.70. The molecule has 0 aliphatic heterocycles. The van der Waals surface area contributed by atoms with Crippen LogP contribution in [0.25, 0.3) is 0 Å². The van der Waals surface area contributed by atoms with Crippen molar-refractivity contribution in [1.82, 2.24) is 0 Å². The lowest BCUT2D eigenvalue weighted by atomic mass is 9.72. The molecule has 2 aromatic heterocycles. The second-order valence-corrected chi connectivity index (χ2v) is 12.8. The van der Waals surface area contributed by atoms with E-state index in [-0.39, 0.29) is 23.0 Å².